The topological polar surface area (TPSA) is 71.1 Å². The Labute approximate surface area is 138 Å². The summed E-state index contributed by atoms with van der Waals surface area (Å²) in [5.41, 5.74) is 3.64. The first-order valence-corrected chi connectivity index (χ1v) is 7.31. The molecule has 0 atom stereocenters. The average Bonchev–Trinajstić information content (AvgIpc) is 3.04. The number of rotatable bonds is 4. The molecule has 3 aromatic rings. The monoisotopic (exact) mass is 323 g/mol. The second-order valence-electron chi connectivity index (χ2n) is 4.87. The molecule has 1 heterocycles. The van der Waals surface area contributed by atoms with Gasteiger partial charge in [-0.25, -0.2) is 4.98 Å². The molecular formula is C17H13N3O2S. The van der Waals surface area contributed by atoms with Crippen LogP contribution in [0.1, 0.15) is 11.1 Å². The Morgan fingerprint density at radius 1 is 1.39 bits per heavy atom. The van der Waals surface area contributed by atoms with Gasteiger partial charge < -0.3 is 14.5 Å². The smallest absolute Gasteiger partial charge is 0.182 e. The molecule has 0 unspecified atom stereocenters. The predicted octanol–water partition coefficient (Wildman–Crippen LogP) is 3.69. The number of methoxy groups -OCH3 is 1. The molecule has 0 saturated carbocycles. The number of anilines is 1. The first kappa shape index (κ1) is 15.0. The van der Waals surface area contributed by atoms with Gasteiger partial charge in [0.2, 0.25) is 0 Å². The van der Waals surface area contributed by atoms with Gasteiger partial charge in [-0.2, -0.15) is 5.26 Å². The molecule has 2 aromatic carbocycles. The van der Waals surface area contributed by atoms with E-state index in [4.69, 9.17) is 26.6 Å². The molecule has 0 aliphatic rings. The minimum atomic E-state index is 0.461. The van der Waals surface area contributed by atoms with Crippen molar-refractivity contribution in [1.29, 1.82) is 5.26 Å². The van der Waals surface area contributed by atoms with Crippen molar-refractivity contribution in [2.45, 2.75) is 6.42 Å². The van der Waals surface area contributed by atoms with Crippen LogP contribution in [-0.2, 0) is 6.42 Å². The number of nitriles is 1. The second kappa shape index (κ2) is 6.46. The molecule has 0 aliphatic carbocycles. The number of ether oxygens (including phenoxy) is 1. The summed E-state index contributed by atoms with van der Waals surface area (Å²) in [5.74, 6) is 0.702. The Hall–Kier alpha value is -2.91. The summed E-state index contributed by atoms with van der Waals surface area (Å²) in [6, 6.07) is 13.0. The van der Waals surface area contributed by atoms with Crippen LogP contribution in [0, 0.1) is 11.3 Å². The molecule has 1 aromatic heterocycles. The molecule has 6 heteroatoms. The average molecular weight is 323 g/mol. The minimum absolute atomic E-state index is 0.461. The van der Waals surface area contributed by atoms with E-state index in [9.17, 15) is 0 Å². The van der Waals surface area contributed by atoms with Crippen molar-refractivity contribution < 1.29 is 9.15 Å². The fourth-order valence-corrected chi connectivity index (χ4v) is 2.61. The normalized spacial score (nSPS) is 10.3. The maximum absolute atomic E-state index is 9.03. The quantitative estimate of drug-likeness (QED) is 0.738. The van der Waals surface area contributed by atoms with Crippen molar-refractivity contribution in [3.8, 4) is 11.8 Å². The van der Waals surface area contributed by atoms with Crippen LogP contribution in [0.5, 0.6) is 5.75 Å². The molecular weight excluding hydrogens is 310 g/mol. The fraction of sp³-hybridized carbons (Fsp3) is 0.118. The van der Waals surface area contributed by atoms with Gasteiger partial charge in [-0.15, -0.1) is 0 Å². The fourth-order valence-electron chi connectivity index (χ4n) is 2.34. The summed E-state index contributed by atoms with van der Waals surface area (Å²) in [6.45, 7) is 0. The zero-order chi connectivity index (χ0) is 16.2. The Bertz CT molecular complexity index is 912. The minimum Gasteiger partial charge on any atom is -0.496 e. The van der Waals surface area contributed by atoms with Crippen LogP contribution in [0.25, 0.3) is 11.1 Å². The highest BCUT2D eigenvalue weighted by Crippen LogP contribution is 2.24. The lowest BCUT2D eigenvalue weighted by molar-refractivity contribution is 0.411. The maximum Gasteiger partial charge on any atom is 0.182 e. The summed E-state index contributed by atoms with van der Waals surface area (Å²) in [5, 5.41) is 12.2. The van der Waals surface area contributed by atoms with E-state index in [1.807, 2.05) is 18.2 Å². The highest BCUT2D eigenvalue weighted by atomic mass is 32.1. The lowest BCUT2D eigenvalue weighted by Gasteiger charge is -2.11. The zero-order valence-corrected chi connectivity index (χ0v) is 13.2. The van der Waals surface area contributed by atoms with Crippen LogP contribution < -0.4 is 10.1 Å². The highest BCUT2D eigenvalue weighted by Gasteiger charge is 2.10. The Morgan fingerprint density at radius 2 is 2.26 bits per heavy atom. The van der Waals surface area contributed by atoms with Gasteiger partial charge in [0, 0.05) is 12.0 Å². The van der Waals surface area contributed by atoms with E-state index in [0.717, 1.165) is 16.8 Å². The summed E-state index contributed by atoms with van der Waals surface area (Å²) >= 11 is 5.43. The molecule has 0 amide bonds. The Balaban J connectivity index is 1.82. The first-order valence-electron chi connectivity index (χ1n) is 6.90. The molecule has 0 aliphatic heterocycles. The molecule has 0 spiro atoms. The number of hydrogen-bond donors (Lipinski definition) is 1. The van der Waals surface area contributed by atoms with E-state index in [1.165, 1.54) is 6.39 Å². The molecule has 3 rings (SSSR count). The standard InChI is InChI=1S/C17H13N3O2S/c1-21-14-6-5-11(9-18)7-12(14)8-16(23)20-13-3-2-4-15-17(13)19-10-22-15/h2-7,10H,8H2,1H3,(H,20,23). The van der Waals surface area contributed by atoms with Gasteiger partial charge in [0.05, 0.1) is 29.4 Å². The summed E-state index contributed by atoms with van der Waals surface area (Å²) in [4.78, 5) is 4.79. The van der Waals surface area contributed by atoms with Crippen molar-refractivity contribution in [1.82, 2.24) is 4.98 Å². The largest absolute Gasteiger partial charge is 0.496 e. The second-order valence-corrected chi connectivity index (χ2v) is 5.36. The molecule has 0 radical (unpaired) electrons. The van der Waals surface area contributed by atoms with Crippen molar-refractivity contribution in [2.75, 3.05) is 12.4 Å². The summed E-state index contributed by atoms with van der Waals surface area (Å²) in [6.07, 6.45) is 1.86. The predicted molar refractivity (Wildman–Crippen MR) is 91.6 cm³/mol. The van der Waals surface area contributed by atoms with Gasteiger partial charge in [-0.1, -0.05) is 18.3 Å². The number of nitrogens with zero attached hydrogens (tertiary/aromatic N) is 2. The van der Waals surface area contributed by atoms with E-state index >= 15 is 0 Å². The van der Waals surface area contributed by atoms with Crippen LogP contribution in [0.15, 0.2) is 47.2 Å². The zero-order valence-electron chi connectivity index (χ0n) is 12.4. The van der Waals surface area contributed by atoms with Gasteiger partial charge in [-0.05, 0) is 30.3 Å². The van der Waals surface area contributed by atoms with Crippen LogP contribution in [-0.4, -0.2) is 17.1 Å². The van der Waals surface area contributed by atoms with Gasteiger partial charge in [0.25, 0.3) is 0 Å². The maximum atomic E-state index is 9.03. The lowest BCUT2D eigenvalue weighted by atomic mass is 10.1. The number of fused-ring (bicyclic) bond motifs is 1. The molecule has 1 N–H and O–H groups in total. The molecule has 5 nitrogen and oxygen atoms in total. The first-order chi connectivity index (χ1) is 11.2. The number of aromatic nitrogens is 1. The Kier molecular flexibility index (Phi) is 4.22. The highest BCUT2D eigenvalue weighted by molar-refractivity contribution is 7.80. The Morgan fingerprint density at radius 3 is 3.04 bits per heavy atom. The number of nitrogens with one attached hydrogen (secondary N) is 1. The van der Waals surface area contributed by atoms with Crippen molar-refractivity contribution in [3.05, 3.63) is 53.9 Å². The van der Waals surface area contributed by atoms with Crippen molar-refractivity contribution >= 4 is 34.0 Å². The number of oxazole rings is 1. The van der Waals surface area contributed by atoms with Crippen LogP contribution in [0.3, 0.4) is 0 Å². The molecule has 0 fully saturated rings. The number of para-hydroxylation sites is 1. The van der Waals surface area contributed by atoms with Crippen LogP contribution in [0.2, 0.25) is 0 Å². The molecule has 114 valence electrons. The number of thiocarbonyl (C=S) groups is 1. The molecule has 0 saturated heterocycles. The lowest BCUT2D eigenvalue weighted by Crippen LogP contribution is -2.13. The van der Waals surface area contributed by atoms with E-state index in [1.54, 1.807) is 25.3 Å². The molecule has 23 heavy (non-hydrogen) atoms. The third kappa shape index (κ3) is 3.15. The van der Waals surface area contributed by atoms with Gasteiger partial charge in [0.15, 0.2) is 12.0 Å². The van der Waals surface area contributed by atoms with Gasteiger partial charge >= 0.3 is 0 Å². The molecule has 0 bridgehead atoms. The van der Waals surface area contributed by atoms with Crippen molar-refractivity contribution in [3.63, 3.8) is 0 Å². The SMILES string of the molecule is COc1ccc(C#N)cc1CC(=S)Nc1cccc2ocnc12. The summed E-state index contributed by atoms with van der Waals surface area (Å²) in [7, 11) is 1.59. The van der Waals surface area contributed by atoms with E-state index < -0.39 is 0 Å². The van der Waals surface area contributed by atoms with Crippen LogP contribution >= 0.6 is 12.2 Å². The van der Waals surface area contributed by atoms with Gasteiger partial charge in [0.1, 0.15) is 11.3 Å². The van der Waals surface area contributed by atoms with Crippen molar-refractivity contribution in [2.24, 2.45) is 0 Å². The summed E-state index contributed by atoms with van der Waals surface area (Å²) < 4.78 is 10.6. The number of hydrogen-bond acceptors (Lipinski definition) is 5. The third-order valence-corrected chi connectivity index (χ3v) is 3.64. The number of benzene rings is 2. The van der Waals surface area contributed by atoms with E-state index in [2.05, 4.69) is 16.4 Å². The third-order valence-electron chi connectivity index (χ3n) is 3.40. The van der Waals surface area contributed by atoms with E-state index in [-0.39, 0.29) is 0 Å². The van der Waals surface area contributed by atoms with E-state index in [0.29, 0.717) is 28.3 Å². The van der Waals surface area contributed by atoms with Crippen LogP contribution in [0.4, 0.5) is 5.69 Å². The van der Waals surface area contributed by atoms with Gasteiger partial charge in [-0.3, -0.25) is 0 Å².